The quantitative estimate of drug-likeness (QED) is 0.675. The molecule has 1 aromatic rings. The molecule has 1 atom stereocenters. The highest BCUT2D eigenvalue weighted by molar-refractivity contribution is 5.10. The first-order chi connectivity index (χ1) is 5.65. The summed E-state index contributed by atoms with van der Waals surface area (Å²) in [6.45, 7) is 2.43. The molecule has 68 valence electrons. The lowest BCUT2D eigenvalue weighted by molar-refractivity contribution is 0.165. The molecule has 3 N–H and O–H groups in total. The third-order valence-electron chi connectivity index (χ3n) is 1.91. The summed E-state index contributed by atoms with van der Waals surface area (Å²) in [4.78, 5) is 0. The fourth-order valence-electron chi connectivity index (χ4n) is 1.06. The second-order valence-electron chi connectivity index (χ2n) is 2.93. The Kier molecular flexibility index (Phi) is 2.83. The molecule has 0 spiro atoms. The van der Waals surface area contributed by atoms with E-state index in [1.807, 2.05) is 20.0 Å². The SMILES string of the molecule is Cc1cc([C@H](O)CCN)nn1C. The van der Waals surface area contributed by atoms with Crippen LogP contribution >= 0.6 is 0 Å². The van der Waals surface area contributed by atoms with Gasteiger partial charge in [-0.1, -0.05) is 0 Å². The standard InChI is InChI=1S/C8H15N3O/c1-6-5-7(10-11(6)2)8(12)3-4-9/h5,8,12H,3-4,9H2,1-2H3/t8-/m1/s1. The average molecular weight is 169 g/mol. The van der Waals surface area contributed by atoms with Crippen LogP contribution in [0.5, 0.6) is 0 Å². The van der Waals surface area contributed by atoms with Gasteiger partial charge in [0.2, 0.25) is 0 Å². The highest BCUT2D eigenvalue weighted by atomic mass is 16.3. The van der Waals surface area contributed by atoms with Crippen LogP contribution in [0.1, 0.15) is 23.9 Å². The minimum Gasteiger partial charge on any atom is -0.387 e. The topological polar surface area (TPSA) is 64.1 Å². The van der Waals surface area contributed by atoms with E-state index < -0.39 is 6.10 Å². The fraction of sp³-hybridized carbons (Fsp3) is 0.625. The summed E-state index contributed by atoms with van der Waals surface area (Å²) >= 11 is 0. The van der Waals surface area contributed by atoms with Crippen LogP contribution in [-0.2, 0) is 7.05 Å². The van der Waals surface area contributed by atoms with Gasteiger partial charge in [0.15, 0.2) is 0 Å². The monoisotopic (exact) mass is 169 g/mol. The highest BCUT2D eigenvalue weighted by Crippen LogP contribution is 2.14. The van der Waals surface area contributed by atoms with Gasteiger partial charge in [0.1, 0.15) is 0 Å². The largest absolute Gasteiger partial charge is 0.387 e. The molecular weight excluding hydrogens is 154 g/mol. The first-order valence-electron chi connectivity index (χ1n) is 4.04. The molecule has 12 heavy (non-hydrogen) atoms. The summed E-state index contributed by atoms with van der Waals surface area (Å²) in [6, 6.07) is 1.88. The van der Waals surface area contributed by atoms with Gasteiger partial charge in [0.25, 0.3) is 0 Å². The summed E-state index contributed by atoms with van der Waals surface area (Å²) in [5, 5.41) is 13.6. The van der Waals surface area contributed by atoms with Crippen molar-refractivity contribution in [2.75, 3.05) is 6.54 Å². The van der Waals surface area contributed by atoms with Crippen LogP contribution < -0.4 is 5.73 Å². The second kappa shape index (κ2) is 3.69. The van der Waals surface area contributed by atoms with Crippen LogP contribution in [0.25, 0.3) is 0 Å². The number of hydrogen-bond acceptors (Lipinski definition) is 3. The van der Waals surface area contributed by atoms with Crippen LogP contribution in [0.2, 0.25) is 0 Å². The van der Waals surface area contributed by atoms with Crippen LogP contribution in [0.3, 0.4) is 0 Å². The molecule has 0 amide bonds. The predicted molar refractivity (Wildman–Crippen MR) is 46.6 cm³/mol. The molecule has 0 fully saturated rings. The number of nitrogens with two attached hydrogens (primary N) is 1. The summed E-state index contributed by atoms with van der Waals surface area (Å²) in [5.41, 5.74) is 7.07. The normalized spacial score (nSPS) is 13.3. The van der Waals surface area contributed by atoms with Gasteiger partial charge in [-0.3, -0.25) is 4.68 Å². The van der Waals surface area contributed by atoms with Crippen molar-refractivity contribution in [1.82, 2.24) is 9.78 Å². The first-order valence-corrected chi connectivity index (χ1v) is 4.04. The van der Waals surface area contributed by atoms with Crippen LogP contribution in [0, 0.1) is 6.92 Å². The van der Waals surface area contributed by atoms with E-state index in [1.165, 1.54) is 0 Å². The lowest BCUT2D eigenvalue weighted by Crippen LogP contribution is -2.07. The molecule has 0 bridgehead atoms. The van der Waals surface area contributed by atoms with Crippen molar-refractivity contribution in [2.24, 2.45) is 12.8 Å². The maximum absolute atomic E-state index is 9.50. The lowest BCUT2D eigenvalue weighted by atomic mass is 10.2. The second-order valence-corrected chi connectivity index (χ2v) is 2.93. The van der Waals surface area contributed by atoms with Crippen molar-refractivity contribution < 1.29 is 5.11 Å². The Morgan fingerprint density at radius 1 is 1.75 bits per heavy atom. The third kappa shape index (κ3) is 1.84. The highest BCUT2D eigenvalue weighted by Gasteiger charge is 2.10. The van der Waals surface area contributed by atoms with Gasteiger partial charge in [-0.2, -0.15) is 5.10 Å². The number of aromatic nitrogens is 2. The predicted octanol–water partition coefficient (Wildman–Crippen LogP) is 0.111. The van der Waals surface area contributed by atoms with E-state index in [2.05, 4.69) is 5.10 Å². The van der Waals surface area contributed by atoms with E-state index in [-0.39, 0.29) is 0 Å². The molecule has 4 heteroatoms. The van der Waals surface area contributed by atoms with Gasteiger partial charge in [-0.25, -0.2) is 0 Å². The zero-order chi connectivity index (χ0) is 9.14. The molecule has 0 saturated carbocycles. The smallest absolute Gasteiger partial charge is 0.0990 e. The Bertz CT molecular complexity index is 237. The maximum Gasteiger partial charge on any atom is 0.0990 e. The molecule has 0 aliphatic carbocycles. The van der Waals surface area contributed by atoms with Crippen molar-refractivity contribution in [3.05, 3.63) is 17.5 Å². The molecule has 0 aliphatic heterocycles. The number of aliphatic hydroxyl groups excluding tert-OH is 1. The van der Waals surface area contributed by atoms with Crippen molar-refractivity contribution in [2.45, 2.75) is 19.4 Å². The molecular formula is C8H15N3O. The van der Waals surface area contributed by atoms with E-state index in [1.54, 1.807) is 4.68 Å². The Morgan fingerprint density at radius 3 is 2.83 bits per heavy atom. The average Bonchev–Trinajstić information content (AvgIpc) is 2.33. The molecule has 0 saturated heterocycles. The van der Waals surface area contributed by atoms with E-state index >= 15 is 0 Å². The zero-order valence-corrected chi connectivity index (χ0v) is 7.49. The van der Waals surface area contributed by atoms with Crippen molar-refractivity contribution in [3.8, 4) is 0 Å². The molecule has 1 heterocycles. The van der Waals surface area contributed by atoms with Gasteiger partial charge < -0.3 is 10.8 Å². The maximum atomic E-state index is 9.50. The van der Waals surface area contributed by atoms with E-state index in [0.29, 0.717) is 18.7 Å². The van der Waals surface area contributed by atoms with Crippen molar-refractivity contribution in [3.63, 3.8) is 0 Å². The van der Waals surface area contributed by atoms with Gasteiger partial charge in [-0.15, -0.1) is 0 Å². The molecule has 0 aliphatic rings. The molecule has 1 aromatic heterocycles. The van der Waals surface area contributed by atoms with Crippen LogP contribution in [-0.4, -0.2) is 21.4 Å². The summed E-state index contributed by atoms with van der Waals surface area (Å²) < 4.78 is 1.75. The van der Waals surface area contributed by atoms with Gasteiger partial charge in [-0.05, 0) is 26.0 Å². The first kappa shape index (κ1) is 9.22. The molecule has 4 nitrogen and oxygen atoms in total. The number of hydrogen-bond donors (Lipinski definition) is 2. The summed E-state index contributed by atoms with van der Waals surface area (Å²) in [5.74, 6) is 0. The van der Waals surface area contributed by atoms with Gasteiger partial charge in [0, 0.05) is 12.7 Å². The zero-order valence-electron chi connectivity index (χ0n) is 7.49. The van der Waals surface area contributed by atoms with Crippen molar-refractivity contribution in [1.29, 1.82) is 0 Å². The molecule has 0 radical (unpaired) electrons. The number of aryl methyl sites for hydroxylation is 2. The Morgan fingerprint density at radius 2 is 2.42 bits per heavy atom. The number of aliphatic hydroxyl groups is 1. The molecule has 0 unspecified atom stereocenters. The van der Waals surface area contributed by atoms with E-state index in [9.17, 15) is 5.11 Å². The minimum absolute atomic E-state index is 0.483. The van der Waals surface area contributed by atoms with Gasteiger partial charge >= 0.3 is 0 Å². The van der Waals surface area contributed by atoms with E-state index in [4.69, 9.17) is 5.73 Å². The minimum atomic E-state index is -0.519. The van der Waals surface area contributed by atoms with Crippen LogP contribution in [0.15, 0.2) is 6.07 Å². The Labute approximate surface area is 72.0 Å². The van der Waals surface area contributed by atoms with E-state index in [0.717, 1.165) is 5.69 Å². The van der Waals surface area contributed by atoms with Crippen molar-refractivity contribution >= 4 is 0 Å². The molecule has 0 aromatic carbocycles. The number of rotatable bonds is 3. The Hall–Kier alpha value is -0.870. The Balaban J connectivity index is 2.74. The lowest BCUT2D eigenvalue weighted by Gasteiger charge is -2.03. The van der Waals surface area contributed by atoms with Gasteiger partial charge in [0.05, 0.1) is 11.8 Å². The summed E-state index contributed by atoms with van der Waals surface area (Å²) in [6.07, 6.45) is 0.0473. The fourth-order valence-corrected chi connectivity index (χ4v) is 1.06. The molecule has 1 rings (SSSR count). The number of nitrogens with zero attached hydrogens (tertiary/aromatic N) is 2. The summed E-state index contributed by atoms with van der Waals surface area (Å²) in [7, 11) is 1.86. The van der Waals surface area contributed by atoms with Crippen LogP contribution in [0.4, 0.5) is 0 Å². The third-order valence-corrected chi connectivity index (χ3v) is 1.91.